The molecule has 7 nitrogen and oxygen atoms in total. The first kappa shape index (κ1) is 17.3. The number of hydrogen-bond acceptors (Lipinski definition) is 6. The van der Waals surface area contributed by atoms with Crippen LogP contribution in [0.3, 0.4) is 0 Å². The fraction of sp³-hybridized carbons (Fsp3) is 0.250. The van der Waals surface area contributed by atoms with Gasteiger partial charge in [-0.05, 0) is 58.1 Å². The van der Waals surface area contributed by atoms with Crippen LogP contribution in [0, 0.1) is 0 Å². The van der Waals surface area contributed by atoms with Crippen LogP contribution in [-0.4, -0.2) is 31.5 Å². The van der Waals surface area contributed by atoms with E-state index in [-0.39, 0.29) is 18.5 Å². The molecular weight excluding hydrogens is 394 g/mol. The number of aromatic nitrogens is 4. The van der Waals surface area contributed by atoms with Crippen LogP contribution in [-0.2, 0) is 11.3 Å². The zero-order chi connectivity index (χ0) is 18.1. The monoisotopic (exact) mass is 407 g/mol. The molecule has 26 heavy (non-hydrogen) atoms. The molecule has 0 bridgehead atoms. The molecule has 0 unspecified atom stereocenters. The maximum Gasteiger partial charge on any atom is 0.369 e. The van der Waals surface area contributed by atoms with Gasteiger partial charge in [0, 0.05) is 15.7 Å². The minimum atomic E-state index is -0.440. The van der Waals surface area contributed by atoms with E-state index in [2.05, 4.69) is 15.7 Å². The number of carbonyl (C=O) groups excluding carboxylic acids is 1. The standard InChI is InChI=1S/C16H14ClN5O2S2/c17-10-3-4-13-11(8-10)12(5-7-25-13)18-14(23)9-21-16(24)22(20-19-21)15-2-1-6-26-15/h1-4,6,8,12H,5,7,9H2,(H,18,23)/t12-/m0/s1. The highest BCUT2D eigenvalue weighted by atomic mass is 35.5. The summed E-state index contributed by atoms with van der Waals surface area (Å²) in [7, 11) is 0. The number of thioether (sulfide) groups is 1. The molecule has 1 N–H and O–H groups in total. The number of thiophene rings is 1. The van der Waals surface area contributed by atoms with Crippen molar-refractivity contribution in [3.63, 3.8) is 0 Å². The largest absolute Gasteiger partial charge is 0.369 e. The third-order valence-corrected chi connectivity index (χ3v) is 6.20. The van der Waals surface area contributed by atoms with Crippen LogP contribution in [0.2, 0.25) is 5.02 Å². The zero-order valence-corrected chi connectivity index (χ0v) is 15.9. The molecule has 0 saturated heterocycles. The average Bonchev–Trinajstić information content (AvgIpc) is 3.26. The van der Waals surface area contributed by atoms with Crippen molar-refractivity contribution in [1.29, 1.82) is 0 Å². The SMILES string of the molecule is O=C(Cn1nnn(-c2cccs2)c1=O)N[C@H]1CCSc2ccc(Cl)cc21. The molecule has 134 valence electrons. The Morgan fingerprint density at radius 3 is 3.04 bits per heavy atom. The van der Waals surface area contributed by atoms with Crippen molar-refractivity contribution < 1.29 is 4.79 Å². The highest BCUT2D eigenvalue weighted by Crippen LogP contribution is 2.37. The maximum absolute atomic E-state index is 12.4. The van der Waals surface area contributed by atoms with Gasteiger partial charge in [-0.25, -0.2) is 4.79 Å². The molecule has 2 aromatic heterocycles. The number of halogens is 1. The van der Waals surface area contributed by atoms with E-state index in [1.807, 2.05) is 29.6 Å². The predicted octanol–water partition coefficient (Wildman–Crippen LogP) is 2.50. The van der Waals surface area contributed by atoms with Gasteiger partial charge in [-0.2, -0.15) is 9.36 Å². The van der Waals surface area contributed by atoms with Crippen molar-refractivity contribution in [3.05, 3.63) is 56.8 Å². The van der Waals surface area contributed by atoms with Crippen molar-refractivity contribution in [2.24, 2.45) is 0 Å². The minimum Gasteiger partial charge on any atom is -0.348 e. The van der Waals surface area contributed by atoms with Crippen LogP contribution >= 0.6 is 34.7 Å². The normalized spacial score (nSPS) is 16.3. The molecule has 3 heterocycles. The summed E-state index contributed by atoms with van der Waals surface area (Å²) in [5, 5.41) is 13.8. The maximum atomic E-state index is 12.4. The number of carbonyl (C=O) groups is 1. The Kier molecular flexibility index (Phi) is 4.84. The Bertz CT molecular complexity index is 998. The van der Waals surface area contributed by atoms with Gasteiger partial charge < -0.3 is 5.32 Å². The number of hydrogen-bond donors (Lipinski definition) is 1. The van der Waals surface area contributed by atoms with E-state index in [4.69, 9.17) is 11.6 Å². The first-order valence-corrected chi connectivity index (χ1v) is 10.1. The van der Waals surface area contributed by atoms with Crippen LogP contribution in [0.1, 0.15) is 18.0 Å². The fourth-order valence-electron chi connectivity index (χ4n) is 2.79. The highest BCUT2D eigenvalue weighted by molar-refractivity contribution is 7.99. The van der Waals surface area contributed by atoms with Gasteiger partial charge >= 0.3 is 5.69 Å². The van der Waals surface area contributed by atoms with Crippen molar-refractivity contribution in [2.75, 3.05) is 5.75 Å². The highest BCUT2D eigenvalue weighted by Gasteiger charge is 2.23. The molecule has 1 aromatic carbocycles. The third-order valence-electron chi connectivity index (χ3n) is 3.99. The number of rotatable bonds is 4. The second-order valence-corrected chi connectivity index (χ2v) is 8.22. The Labute approximate surface area is 161 Å². The lowest BCUT2D eigenvalue weighted by molar-refractivity contribution is -0.122. The molecule has 0 spiro atoms. The molecule has 0 aliphatic carbocycles. The van der Waals surface area contributed by atoms with Crippen LogP contribution in [0.15, 0.2) is 45.4 Å². The quantitative estimate of drug-likeness (QED) is 0.718. The number of tetrazole rings is 1. The van der Waals surface area contributed by atoms with E-state index < -0.39 is 5.69 Å². The van der Waals surface area contributed by atoms with E-state index >= 15 is 0 Å². The van der Waals surface area contributed by atoms with E-state index in [0.717, 1.165) is 27.3 Å². The number of nitrogens with zero attached hydrogens (tertiary/aromatic N) is 4. The number of fused-ring (bicyclic) bond motifs is 1. The molecule has 1 atom stereocenters. The fourth-order valence-corrected chi connectivity index (χ4v) is 4.75. The first-order valence-electron chi connectivity index (χ1n) is 7.90. The van der Waals surface area contributed by atoms with E-state index in [0.29, 0.717) is 10.0 Å². The predicted molar refractivity (Wildman–Crippen MR) is 101 cm³/mol. The molecular formula is C16H14ClN5O2S2. The van der Waals surface area contributed by atoms with Crippen LogP contribution in [0.4, 0.5) is 0 Å². The van der Waals surface area contributed by atoms with Gasteiger partial charge in [0.25, 0.3) is 0 Å². The van der Waals surface area contributed by atoms with Crippen LogP contribution in [0.5, 0.6) is 0 Å². The second-order valence-electron chi connectivity index (χ2n) is 5.72. The summed E-state index contributed by atoms with van der Waals surface area (Å²) in [5.74, 6) is 0.627. The summed E-state index contributed by atoms with van der Waals surface area (Å²) in [6, 6.07) is 9.17. The van der Waals surface area contributed by atoms with Gasteiger partial charge in [0.2, 0.25) is 5.91 Å². The molecule has 1 aliphatic rings. The van der Waals surface area contributed by atoms with Gasteiger partial charge in [-0.3, -0.25) is 4.79 Å². The lowest BCUT2D eigenvalue weighted by atomic mass is 10.0. The topological polar surface area (TPSA) is 81.8 Å². The lowest BCUT2D eigenvalue weighted by Crippen LogP contribution is -2.36. The Hall–Kier alpha value is -2.10. The van der Waals surface area contributed by atoms with Crippen molar-refractivity contribution in [1.82, 2.24) is 25.1 Å². The van der Waals surface area contributed by atoms with E-state index in [1.54, 1.807) is 17.8 Å². The second kappa shape index (κ2) is 7.26. The average molecular weight is 408 g/mol. The number of amides is 1. The third kappa shape index (κ3) is 3.42. The molecule has 0 radical (unpaired) electrons. The van der Waals surface area contributed by atoms with Gasteiger partial charge in [-0.1, -0.05) is 11.6 Å². The van der Waals surface area contributed by atoms with Crippen LogP contribution < -0.4 is 11.0 Å². The molecule has 0 fully saturated rings. The molecule has 1 amide bonds. The summed E-state index contributed by atoms with van der Waals surface area (Å²) >= 11 is 9.22. The van der Waals surface area contributed by atoms with Gasteiger partial charge in [0.1, 0.15) is 11.5 Å². The summed E-state index contributed by atoms with van der Waals surface area (Å²) in [4.78, 5) is 25.9. The molecule has 1 aliphatic heterocycles. The zero-order valence-electron chi connectivity index (χ0n) is 13.5. The molecule has 3 aromatic rings. The summed E-state index contributed by atoms with van der Waals surface area (Å²) in [5.41, 5.74) is 0.571. The minimum absolute atomic E-state index is 0.125. The van der Waals surface area contributed by atoms with Crippen LogP contribution in [0.25, 0.3) is 5.00 Å². The Morgan fingerprint density at radius 1 is 1.35 bits per heavy atom. The number of nitrogens with one attached hydrogen (secondary N) is 1. The van der Waals surface area contributed by atoms with Gasteiger partial charge in [0.15, 0.2) is 0 Å². The molecule has 4 rings (SSSR count). The Morgan fingerprint density at radius 2 is 2.23 bits per heavy atom. The summed E-state index contributed by atoms with van der Waals surface area (Å²) in [6.45, 7) is -0.177. The van der Waals surface area contributed by atoms with E-state index in [1.165, 1.54) is 16.0 Å². The van der Waals surface area contributed by atoms with Gasteiger partial charge in [0.05, 0.1) is 6.04 Å². The molecule has 10 heteroatoms. The Balaban J connectivity index is 1.49. The lowest BCUT2D eigenvalue weighted by Gasteiger charge is -2.26. The number of benzene rings is 1. The van der Waals surface area contributed by atoms with Gasteiger partial charge in [-0.15, -0.1) is 23.1 Å². The smallest absolute Gasteiger partial charge is 0.348 e. The summed E-state index contributed by atoms with van der Waals surface area (Å²) < 4.78 is 2.25. The van der Waals surface area contributed by atoms with Crippen molar-refractivity contribution in [2.45, 2.75) is 23.9 Å². The molecule has 0 saturated carbocycles. The van der Waals surface area contributed by atoms with Crippen molar-refractivity contribution in [3.8, 4) is 5.00 Å². The van der Waals surface area contributed by atoms with E-state index in [9.17, 15) is 9.59 Å². The van der Waals surface area contributed by atoms with Crippen molar-refractivity contribution >= 4 is 40.6 Å². The summed E-state index contributed by atoms with van der Waals surface area (Å²) in [6.07, 6.45) is 0.806. The first-order chi connectivity index (χ1) is 12.6.